The molecule has 2 rings (SSSR count). The molecule has 106 valence electrons. The molecule has 1 saturated carbocycles. The van der Waals surface area contributed by atoms with E-state index in [2.05, 4.69) is 12.2 Å². The van der Waals surface area contributed by atoms with Crippen LogP contribution >= 0.6 is 0 Å². The molecule has 0 heterocycles. The van der Waals surface area contributed by atoms with Gasteiger partial charge in [0.1, 0.15) is 11.6 Å². The van der Waals surface area contributed by atoms with Gasteiger partial charge in [0.25, 0.3) is 0 Å². The molecule has 3 atom stereocenters. The van der Waals surface area contributed by atoms with Crippen LogP contribution in [-0.2, 0) is 0 Å². The van der Waals surface area contributed by atoms with Crippen LogP contribution in [-0.4, -0.2) is 13.6 Å². The van der Waals surface area contributed by atoms with E-state index in [4.69, 9.17) is 0 Å². The Balaban J connectivity index is 2.30. The van der Waals surface area contributed by atoms with E-state index in [0.29, 0.717) is 17.4 Å². The Hall–Kier alpha value is -0.960. The second kappa shape index (κ2) is 6.47. The van der Waals surface area contributed by atoms with E-state index in [0.717, 1.165) is 25.8 Å². The molecular weight excluding hydrogens is 244 g/mol. The molecule has 1 fully saturated rings. The summed E-state index contributed by atoms with van der Waals surface area (Å²) in [4.78, 5) is 0. The van der Waals surface area contributed by atoms with Crippen LogP contribution in [0, 0.1) is 23.5 Å². The summed E-state index contributed by atoms with van der Waals surface area (Å²) < 4.78 is 28.0. The lowest BCUT2D eigenvalue weighted by molar-refractivity contribution is 0.221. The molecule has 1 aliphatic rings. The summed E-state index contributed by atoms with van der Waals surface area (Å²) >= 11 is 0. The zero-order valence-electron chi connectivity index (χ0n) is 11.8. The Morgan fingerprint density at radius 2 is 1.89 bits per heavy atom. The number of rotatable bonds is 4. The Kier molecular flexibility index (Phi) is 4.92. The fraction of sp³-hybridized carbons (Fsp3) is 0.625. The molecular formula is C16H23F2N. The lowest BCUT2D eigenvalue weighted by Gasteiger charge is -2.36. The molecule has 0 aromatic heterocycles. The van der Waals surface area contributed by atoms with Crippen molar-refractivity contribution in [3.05, 3.63) is 35.4 Å². The van der Waals surface area contributed by atoms with Gasteiger partial charge >= 0.3 is 0 Å². The summed E-state index contributed by atoms with van der Waals surface area (Å²) in [6.07, 6.45) is 4.23. The molecule has 0 amide bonds. The van der Waals surface area contributed by atoms with Gasteiger partial charge in [-0.2, -0.15) is 0 Å². The second-order valence-electron chi connectivity index (χ2n) is 5.65. The predicted molar refractivity (Wildman–Crippen MR) is 74.1 cm³/mol. The van der Waals surface area contributed by atoms with Crippen molar-refractivity contribution in [1.82, 2.24) is 5.32 Å². The molecule has 0 aliphatic heterocycles. The lowest BCUT2D eigenvalue weighted by Crippen LogP contribution is -2.31. The van der Waals surface area contributed by atoms with Gasteiger partial charge in [0.15, 0.2) is 0 Å². The fourth-order valence-corrected chi connectivity index (χ4v) is 3.42. The van der Waals surface area contributed by atoms with E-state index in [-0.39, 0.29) is 17.6 Å². The van der Waals surface area contributed by atoms with Gasteiger partial charge in [-0.25, -0.2) is 8.78 Å². The maximum Gasteiger partial charge on any atom is 0.129 e. The van der Waals surface area contributed by atoms with Crippen LogP contribution in [0.25, 0.3) is 0 Å². The molecule has 1 aliphatic carbocycles. The first-order chi connectivity index (χ1) is 9.17. The summed E-state index contributed by atoms with van der Waals surface area (Å²) in [6.45, 7) is 2.99. The first kappa shape index (κ1) is 14.4. The molecule has 1 N–H and O–H groups in total. The van der Waals surface area contributed by atoms with Crippen LogP contribution < -0.4 is 5.32 Å². The van der Waals surface area contributed by atoms with Crippen molar-refractivity contribution in [3.8, 4) is 0 Å². The summed E-state index contributed by atoms with van der Waals surface area (Å²) in [5, 5.41) is 3.16. The molecule has 1 aromatic rings. The average molecular weight is 267 g/mol. The van der Waals surface area contributed by atoms with Crippen molar-refractivity contribution >= 4 is 0 Å². The molecule has 1 aromatic carbocycles. The minimum atomic E-state index is -0.386. The summed E-state index contributed by atoms with van der Waals surface area (Å²) in [5.41, 5.74) is 0.306. The third-order valence-electron chi connectivity index (χ3n) is 4.52. The smallest absolute Gasteiger partial charge is 0.129 e. The van der Waals surface area contributed by atoms with Crippen molar-refractivity contribution in [2.75, 3.05) is 13.6 Å². The van der Waals surface area contributed by atoms with E-state index in [1.54, 1.807) is 0 Å². The Labute approximate surface area is 114 Å². The van der Waals surface area contributed by atoms with Gasteiger partial charge in [0.05, 0.1) is 0 Å². The summed E-state index contributed by atoms with van der Waals surface area (Å²) in [7, 11) is 1.90. The van der Waals surface area contributed by atoms with Gasteiger partial charge in [-0.3, -0.25) is 0 Å². The van der Waals surface area contributed by atoms with Crippen LogP contribution in [0.15, 0.2) is 18.2 Å². The minimum absolute atomic E-state index is 0.00681. The Morgan fingerprint density at radius 3 is 2.47 bits per heavy atom. The highest BCUT2D eigenvalue weighted by Gasteiger charge is 2.33. The van der Waals surface area contributed by atoms with E-state index in [1.165, 1.54) is 24.6 Å². The highest BCUT2D eigenvalue weighted by molar-refractivity contribution is 5.25. The maximum absolute atomic E-state index is 14.0. The maximum atomic E-state index is 14.0. The predicted octanol–water partition coefficient (Wildman–Crippen LogP) is 4.09. The number of nitrogens with one attached hydrogen (secondary N) is 1. The van der Waals surface area contributed by atoms with Gasteiger partial charge in [-0.05, 0) is 56.3 Å². The largest absolute Gasteiger partial charge is 0.319 e. The van der Waals surface area contributed by atoms with Crippen molar-refractivity contribution in [3.63, 3.8) is 0 Å². The Bertz CT molecular complexity index is 399. The van der Waals surface area contributed by atoms with Gasteiger partial charge in [-0.1, -0.05) is 25.8 Å². The minimum Gasteiger partial charge on any atom is -0.319 e. The van der Waals surface area contributed by atoms with Crippen molar-refractivity contribution in [2.24, 2.45) is 11.8 Å². The molecule has 0 bridgehead atoms. The number of hydrogen-bond donors (Lipinski definition) is 1. The number of benzene rings is 1. The average Bonchev–Trinajstić information content (AvgIpc) is 2.40. The van der Waals surface area contributed by atoms with Gasteiger partial charge in [0, 0.05) is 5.56 Å². The zero-order valence-corrected chi connectivity index (χ0v) is 11.8. The lowest BCUT2D eigenvalue weighted by atomic mass is 9.70. The van der Waals surface area contributed by atoms with E-state index in [9.17, 15) is 8.78 Å². The second-order valence-corrected chi connectivity index (χ2v) is 5.65. The van der Waals surface area contributed by atoms with Crippen LogP contribution in [0.2, 0.25) is 0 Å². The van der Waals surface area contributed by atoms with Crippen LogP contribution in [0.3, 0.4) is 0 Å². The molecule has 3 unspecified atom stereocenters. The first-order valence-electron chi connectivity index (χ1n) is 7.25. The number of hydrogen-bond acceptors (Lipinski definition) is 1. The first-order valence-corrected chi connectivity index (χ1v) is 7.25. The van der Waals surface area contributed by atoms with Crippen LogP contribution in [0.4, 0.5) is 8.78 Å². The summed E-state index contributed by atoms with van der Waals surface area (Å²) in [6, 6.07) is 4.20. The van der Waals surface area contributed by atoms with Crippen LogP contribution in [0.5, 0.6) is 0 Å². The molecule has 3 heteroatoms. The van der Waals surface area contributed by atoms with Crippen molar-refractivity contribution in [1.29, 1.82) is 0 Å². The van der Waals surface area contributed by atoms with Crippen molar-refractivity contribution in [2.45, 2.75) is 38.5 Å². The topological polar surface area (TPSA) is 12.0 Å². The fourth-order valence-electron chi connectivity index (χ4n) is 3.42. The third-order valence-corrected chi connectivity index (χ3v) is 4.52. The van der Waals surface area contributed by atoms with E-state index >= 15 is 0 Å². The summed E-state index contributed by atoms with van der Waals surface area (Å²) in [5.74, 6) is 0.161. The molecule has 1 nitrogen and oxygen atoms in total. The molecule has 0 spiro atoms. The normalized spacial score (nSPS) is 27.5. The van der Waals surface area contributed by atoms with Gasteiger partial charge < -0.3 is 5.32 Å². The Morgan fingerprint density at radius 1 is 1.21 bits per heavy atom. The monoisotopic (exact) mass is 267 g/mol. The highest BCUT2D eigenvalue weighted by Crippen LogP contribution is 2.43. The molecule has 0 saturated heterocycles. The number of halogens is 2. The van der Waals surface area contributed by atoms with E-state index in [1.807, 2.05) is 7.05 Å². The third kappa shape index (κ3) is 3.14. The van der Waals surface area contributed by atoms with E-state index < -0.39 is 0 Å². The standard InChI is InChI=1S/C16H23F2N/c1-3-11-7-8-12(10-19-2)13(9-11)16-14(17)5-4-6-15(16)18/h4-6,11-13,19H,3,7-10H2,1-2H3. The van der Waals surface area contributed by atoms with Crippen LogP contribution in [0.1, 0.15) is 44.1 Å². The highest BCUT2D eigenvalue weighted by atomic mass is 19.1. The van der Waals surface area contributed by atoms with Gasteiger partial charge in [-0.15, -0.1) is 0 Å². The quantitative estimate of drug-likeness (QED) is 0.866. The molecule has 0 radical (unpaired) electrons. The molecule has 19 heavy (non-hydrogen) atoms. The van der Waals surface area contributed by atoms with Crippen molar-refractivity contribution < 1.29 is 8.78 Å². The zero-order chi connectivity index (χ0) is 13.8. The SMILES string of the molecule is CCC1CCC(CNC)C(c2c(F)cccc2F)C1. The van der Waals surface area contributed by atoms with Gasteiger partial charge in [0.2, 0.25) is 0 Å².